The van der Waals surface area contributed by atoms with Gasteiger partial charge in [-0.25, -0.2) is 0 Å². The van der Waals surface area contributed by atoms with Crippen molar-refractivity contribution in [2.75, 3.05) is 20.2 Å². The molecule has 1 aromatic carbocycles. The monoisotopic (exact) mass is 319 g/mol. The molecule has 0 atom stereocenters. The van der Waals surface area contributed by atoms with Crippen LogP contribution in [0.2, 0.25) is 10.0 Å². The van der Waals surface area contributed by atoms with Crippen molar-refractivity contribution in [1.82, 2.24) is 4.90 Å². The maximum atomic E-state index is 12.3. The smallest absolute Gasteiger partial charge is 0.323 e. The van der Waals surface area contributed by atoms with Crippen LogP contribution in [0.5, 0.6) is 5.75 Å². The van der Waals surface area contributed by atoms with Crippen LogP contribution in [0.4, 0.5) is 0 Å². The largest absolute Gasteiger partial charge is 0.494 e. The molecule has 1 aromatic rings. The summed E-state index contributed by atoms with van der Waals surface area (Å²) in [7, 11) is 1.42. The van der Waals surface area contributed by atoms with E-state index >= 15 is 0 Å². The molecule has 0 spiro atoms. The van der Waals surface area contributed by atoms with Gasteiger partial charge in [0.15, 0.2) is 5.75 Å². The fourth-order valence-corrected chi connectivity index (χ4v) is 2.39. The number of halogens is 2. The lowest BCUT2D eigenvalue weighted by Gasteiger charge is -2.20. The van der Waals surface area contributed by atoms with E-state index in [1.165, 1.54) is 24.1 Å². The Morgan fingerprint density at radius 1 is 1.30 bits per heavy atom. The summed E-state index contributed by atoms with van der Waals surface area (Å²) in [6, 6.07) is 2.83. The highest BCUT2D eigenvalue weighted by molar-refractivity contribution is 6.37. The zero-order valence-electron chi connectivity index (χ0n) is 11.2. The van der Waals surface area contributed by atoms with Crippen LogP contribution >= 0.6 is 23.2 Å². The molecular formula is C13H15Cl2NO4. The number of hydrogen-bond donors (Lipinski definition) is 1. The molecular weight excluding hydrogens is 305 g/mol. The van der Waals surface area contributed by atoms with E-state index in [4.69, 9.17) is 33.0 Å². The third kappa shape index (κ3) is 4.02. The van der Waals surface area contributed by atoms with Crippen molar-refractivity contribution in [1.29, 1.82) is 0 Å². The van der Waals surface area contributed by atoms with Gasteiger partial charge in [-0.1, -0.05) is 30.1 Å². The topological polar surface area (TPSA) is 66.8 Å². The van der Waals surface area contributed by atoms with Crippen LogP contribution < -0.4 is 4.74 Å². The molecule has 0 radical (unpaired) electrons. The van der Waals surface area contributed by atoms with E-state index in [1.807, 2.05) is 6.92 Å². The SMILES string of the molecule is CCCN(CC(=O)O)C(=O)c1cc(Cl)c(OC)c(Cl)c1. The summed E-state index contributed by atoms with van der Waals surface area (Å²) in [5.41, 5.74) is 0.232. The van der Waals surface area contributed by atoms with Crippen LogP contribution in [0.15, 0.2) is 12.1 Å². The number of benzene rings is 1. The number of nitrogens with zero attached hydrogens (tertiary/aromatic N) is 1. The van der Waals surface area contributed by atoms with E-state index in [9.17, 15) is 9.59 Å². The van der Waals surface area contributed by atoms with Crippen molar-refractivity contribution in [3.05, 3.63) is 27.7 Å². The molecule has 1 amide bonds. The van der Waals surface area contributed by atoms with E-state index in [1.54, 1.807) is 0 Å². The first-order valence-electron chi connectivity index (χ1n) is 5.94. The van der Waals surface area contributed by atoms with Crippen molar-refractivity contribution < 1.29 is 19.4 Å². The van der Waals surface area contributed by atoms with E-state index < -0.39 is 11.9 Å². The molecule has 0 fully saturated rings. The van der Waals surface area contributed by atoms with Gasteiger partial charge in [-0.05, 0) is 18.6 Å². The van der Waals surface area contributed by atoms with E-state index in [0.29, 0.717) is 13.0 Å². The van der Waals surface area contributed by atoms with Crippen molar-refractivity contribution in [3.8, 4) is 5.75 Å². The maximum absolute atomic E-state index is 12.3. The molecule has 0 heterocycles. The minimum atomic E-state index is -1.07. The average Bonchev–Trinajstić information content (AvgIpc) is 2.36. The van der Waals surface area contributed by atoms with Gasteiger partial charge in [0.1, 0.15) is 6.54 Å². The molecule has 1 rings (SSSR count). The summed E-state index contributed by atoms with van der Waals surface area (Å²) >= 11 is 11.9. The third-order valence-corrected chi connectivity index (χ3v) is 3.12. The highest BCUT2D eigenvalue weighted by Gasteiger charge is 2.20. The summed E-state index contributed by atoms with van der Waals surface area (Å²) in [6.45, 7) is 1.83. The fourth-order valence-electron chi connectivity index (χ4n) is 1.75. The number of methoxy groups -OCH3 is 1. The lowest BCUT2D eigenvalue weighted by Crippen LogP contribution is -2.36. The Labute approximate surface area is 127 Å². The van der Waals surface area contributed by atoms with Gasteiger partial charge in [0, 0.05) is 12.1 Å². The molecule has 0 saturated carbocycles. The summed E-state index contributed by atoms with van der Waals surface area (Å²) in [5.74, 6) is -1.22. The molecule has 0 bridgehead atoms. The van der Waals surface area contributed by atoms with Gasteiger partial charge in [-0.15, -0.1) is 0 Å². The van der Waals surface area contributed by atoms with Crippen LogP contribution in [-0.4, -0.2) is 42.1 Å². The van der Waals surface area contributed by atoms with Gasteiger partial charge in [-0.3, -0.25) is 9.59 Å². The van der Waals surface area contributed by atoms with E-state index in [-0.39, 0.29) is 27.9 Å². The number of carbonyl (C=O) groups excluding carboxylic acids is 1. The highest BCUT2D eigenvalue weighted by atomic mass is 35.5. The first kappa shape index (κ1) is 16.6. The van der Waals surface area contributed by atoms with Crippen molar-refractivity contribution in [2.24, 2.45) is 0 Å². The van der Waals surface area contributed by atoms with Crippen molar-refractivity contribution in [2.45, 2.75) is 13.3 Å². The standard InChI is InChI=1S/C13H15Cl2NO4/c1-3-4-16(7-11(17)18)13(19)8-5-9(14)12(20-2)10(15)6-8/h5-6H,3-4,7H2,1-2H3,(H,17,18). The second-order valence-corrected chi connectivity index (χ2v) is 4.91. The van der Waals surface area contributed by atoms with Gasteiger partial charge in [0.25, 0.3) is 5.91 Å². The first-order valence-corrected chi connectivity index (χ1v) is 6.70. The van der Waals surface area contributed by atoms with Crippen LogP contribution in [0.25, 0.3) is 0 Å². The summed E-state index contributed by atoms with van der Waals surface area (Å²) < 4.78 is 5.00. The number of hydrogen-bond acceptors (Lipinski definition) is 3. The van der Waals surface area contributed by atoms with Gasteiger partial charge in [0.05, 0.1) is 17.2 Å². The van der Waals surface area contributed by atoms with Crippen LogP contribution in [-0.2, 0) is 4.79 Å². The van der Waals surface area contributed by atoms with Crippen molar-refractivity contribution >= 4 is 35.1 Å². The number of ether oxygens (including phenoxy) is 1. The Balaban J connectivity index is 3.08. The minimum absolute atomic E-state index is 0.204. The molecule has 110 valence electrons. The van der Waals surface area contributed by atoms with Crippen LogP contribution in [0, 0.1) is 0 Å². The van der Waals surface area contributed by atoms with Crippen molar-refractivity contribution in [3.63, 3.8) is 0 Å². The van der Waals surface area contributed by atoms with Crippen LogP contribution in [0.3, 0.4) is 0 Å². The molecule has 5 nitrogen and oxygen atoms in total. The van der Waals surface area contributed by atoms with Gasteiger partial charge in [-0.2, -0.15) is 0 Å². The van der Waals surface area contributed by atoms with E-state index in [2.05, 4.69) is 0 Å². The Hall–Kier alpha value is -1.46. The molecule has 0 aromatic heterocycles. The third-order valence-electron chi connectivity index (χ3n) is 2.56. The summed E-state index contributed by atoms with van der Waals surface area (Å²) in [6.07, 6.45) is 0.649. The number of amides is 1. The summed E-state index contributed by atoms with van der Waals surface area (Å²) in [4.78, 5) is 24.3. The number of aliphatic carboxylic acids is 1. The molecule has 0 saturated heterocycles. The highest BCUT2D eigenvalue weighted by Crippen LogP contribution is 2.34. The number of rotatable bonds is 6. The predicted octanol–water partition coefficient (Wildman–Crippen LogP) is 2.94. The summed E-state index contributed by atoms with van der Waals surface area (Å²) in [5, 5.41) is 9.24. The Bertz CT molecular complexity index is 496. The number of carbonyl (C=O) groups is 2. The minimum Gasteiger partial charge on any atom is -0.494 e. The quantitative estimate of drug-likeness (QED) is 0.875. The fraction of sp³-hybridized carbons (Fsp3) is 0.385. The Morgan fingerprint density at radius 2 is 1.85 bits per heavy atom. The second kappa shape index (κ2) is 7.36. The molecule has 0 aliphatic carbocycles. The van der Waals surface area contributed by atoms with Gasteiger partial charge in [0.2, 0.25) is 0 Å². The lowest BCUT2D eigenvalue weighted by molar-refractivity contribution is -0.137. The van der Waals surface area contributed by atoms with Crippen LogP contribution in [0.1, 0.15) is 23.7 Å². The molecule has 20 heavy (non-hydrogen) atoms. The van der Waals surface area contributed by atoms with Gasteiger partial charge < -0.3 is 14.7 Å². The second-order valence-electron chi connectivity index (χ2n) is 4.09. The molecule has 7 heteroatoms. The Kier molecular flexibility index (Phi) is 6.10. The van der Waals surface area contributed by atoms with E-state index in [0.717, 1.165) is 0 Å². The lowest BCUT2D eigenvalue weighted by atomic mass is 10.2. The molecule has 0 aliphatic heterocycles. The number of carboxylic acids is 1. The predicted molar refractivity (Wildman–Crippen MR) is 76.8 cm³/mol. The zero-order valence-corrected chi connectivity index (χ0v) is 12.7. The van der Waals surface area contributed by atoms with Gasteiger partial charge >= 0.3 is 5.97 Å². The normalized spacial score (nSPS) is 10.2. The molecule has 0 unspecified atom stereocenters. The average molecular weight is 320 g/mol. The zero-order chi connectivity index (χ0) is 15.3. The first-order chi connectivity index (χ1) is 9.40. The number of carboxylic acid groups (broad SMARTS) is 1. The molecule has 0 aliphatic rings. The Morgan fingerprint density at radius 3 is 2.25 bits per heavy atom. The maximum Gasteiger partial charge on any atom is 0.323 e. The molecule has 1 N–H and O–H groups in total.